The summed E-state index contributed by atoms with van der Waals surface area (Å²) in [6, 6.07) is 2.11. The van der Waals surface area contributed by atoms with Gasteiger partial charge in [-0.2, -0.15) is 0 Å². The minimum absolute atomic E-state index is 0.0107. The highest BCUT2D eigenvalue weighted by molar-refractivity contribution is 6.03. The van der Waals surface area contributed by atoms with E-state index in [-0.39, 0.29) is 96.5 Å². The number of carboxylic acids is 1. The summed E-state index contributed by atoms with van der Waals surface area (Å²) < 4.78 is 27.3. The van der Waals surface area contributed by atoms with Crippen LogP contribution in [0, 0.1) is 23.7 Å². The second-order valence-electron chi connectivity index (χ2n) is 13.8. The van der Waals surface area contributed by atoms with Crippen LogP contribution in [0.2, 0.25) is 0 Å². The van der Waals surface area contributed by atoms with Crippen LogP contribution in [0.4, 0.5) is 5.69 Å². The molecule has 8 N–H and O–H groups in total. The number of carboxylic acid groups (broad SMARTS) is 1. The molecule has 1 heterocycles. The van der Waals surface area contributed by atoms with Crippen LogP contribution in [-0.4, -0.2) is 131 Å². The van der Waals surface area contributed by atoms with Crippen molar-refractivity contribution in [2.24, 2.45) is 17.6 Å². The van der Waals surface area contributed by atoms with Gasteiger partial charge in [-0.1, -0.05) is 26.8 Å². The summed E-state index contributed by atoms with van der Waals surface area (Å²) >= 11 is 0. The quantitative estimate of drug-likeness (QED) is 0.110. The Kier molecular flexibility index (Phi) is 23.2. The third-order valence-corrected chi connectivity index (χ3v) is 8.36. The second kappa shape index (κ2) is 27.5. The maximum absolute atomic E-state index is 13.7. The number of ether oxygens (including phenoxy) is 5. The highest BCUT2D eigenvalue weighted by atomic mass is 16.5. The molecule has 0 saturated carbocycles. The lowest BCUT2D eigenvalue weighted by Gasteiger charge is -2.24. The van der Waals surface area contributed by atoms with E-state index in [9.17, 15) is 38.7 Å². The normalized spacial score (nSPS) is 21.3. The minimum atomic E-state index is -1.06. The molecule has 1 aliphatic heterocycles. The fraction of sp³-hybridized carbons (Fsp3) is 0.615. The maximum Gasteiger partial charge on any atom is 0.313 e. The zero-order valence-electron chi connectivity index (χ0n) is 33.6. The number of anilines is 1. The Morgan fingerprint density at radius 1 is 0.810 bits per heavy atom. The SMILES string of the molecule is CC(C[C@@H](N)Cc1ccc2c(c1)NC(=O)C(C(C)C)NC(=O)C(C)NC(=O)CCOCCOCCCNC(=O)C#CC(=O)NCCOCCOCCC(=O)O2)C(=O)O. The standard InChI is InChI=1S/C39H58N6O13/c1-25(2)36-38(51)44-30-24-28(23-29(40)22-26(3)39(52)53)6-7-31(30)58-35(49)11-16-56-20-21-57-17-13-42-33(47)9-8-32(46)41-12-5-14-54-18-19-55-15-10-34(48)43-27(4)37(50)45-36/h6-7,24-27,29,36H,5,10-23,40H2,1-4H3,(H,41,46)(H,42,47)(H,43,48)(H,44,51)(H,45,50)(H,52,53)/t26?,27?,29-,36?/m1/s1. The summed E-state index contributed by atoms with van der Waals surface area (Å²) in [4.78, 5) is 87.3. The molecular weight excluding hydrogens is 760 g/mol. The molecule has 0 saturated heterocycles. The van der Waals surface area contributed by atoms with E-state index >= 15 is 0 Å². The lowest BCUT2D eigenvalue weighted by molar-refractivity contribution is -0.141. The van der Waals surface area contributed by atoms with Gasteiger partial charge >= 0.3 is 11.9 Å². The Morgan fingerprint density at radius 3 is 2.05 bits per heavy atom. The zero-order valence-corrected chi connectivity index (χ0v) is 33.6. The number of nitrogens with one attached hydrogen (secondary N) is 5. The van der Waals surface area contributed by atoms with Gasteiger partial charge in [0, 0.05) is 44.0 Å². The van der Waals surface area contributed by atoms with E-state index in [0.29, 0.717) is 18.6 Å². The predicted molar refractivity (Wildman–Crippen MR) is 209 cm³/mol. The zero-order chi connectivity index (χ0) is 42.9. The largest absolute Gasteiger partial charge is 0.481 e. The van der Waals surface area contributed by atoms with Gasteiger partial charge in [0.1, 0.15) is 12.1 Å². The van der Waals surface area contributed by atoms with Crippen molar-refractivity contribution in [2.75, 3.05) is 71.3 Å². The first kappa shape index (κ1) is 49.0. The molecule has 19 nitrogen and oxygen atoms in total. The fourth-order valence-electron chi connectivity index (χ4n) is 5.19. The van der Waals surface area contributed by atoms with Crippen LogP contribution in [0.25, 0.3) is 0 Å². The van der Waals surface area contributed by atoms with Crippen molar-refractivity contribution in [3.05, 3.63) is 23.8 Å². The Balaban J connectivity index is 2.16. The van der Waals surface area contributed by atoms with Gasteiger partial charge in [0.05, 0.1) is 64.3 Å². The van der Waals surface area contributed by atoms with Crippen molar-refractivity contribution >= 4 is 47.2 Å². The lowest BCUT2D eigenvalue weighted by atomic mass is 9.96. The van der Waals surface area contributed by atoms with E-state index in [1.54, 1.807) is 32.9 Å². The van der Waals surface area contributed by atoms with Crippen LogP contribution >= 0.6 is 0 Å². The molecule has 0 bridgehead atoms. The monoisotopic (exact) mass is 818 g/mol. The van der Waals surface area contributed by atoms with Crippen LogP contribution in [-0.2, 0) is 58.9 Å². The summed E-state index contributed by atoms with van der Waals surface area (Å²) in [7, 11) is 0. The van der Waals surface area contributed by atoms with Gasteiger partial charge in [-0.25, -0.2) is 0 Å². The van der Waals surface area contributed by atoms with Gasteiger partial charge in [0.25, 0.3) is 11.8 Å². The third-order valence-electron chi connectivity index (χ3n) is 8.36. The number of hydrogen-bond donors (Lipinski definition) is 7. The first-order chi connectivity index (χ1) is 27.7. The van der Waals surface area contributed by atoms with E-state index in [1.165, 1.54) is 13.0 Å². The summed E-state index contributed by atoms with van der Waals surface area (Å²) in [6.07, 6.45) is 0.762. The molecule has 0 spiro atoms. The summed E-state index contributed by atoms with van der Waals surface area (Å²) in [6.45, 7) is 8.21. The fourth-order valence-corrected chi connectivity index (χ4v) is 5.19. The van der Waals surface area contributed by atoms with Crippen LogP contribution in [0.15, 0.2) is 18.2 Å². The molecule has 0 aliphatic carbocycles. The number of benzene rings is 1. The van der Waals surface area contributed by atoms with Gasteiger partial charge in [0.15, 0.2) is 5.75 Å². The first-order valence-corrected chi connectivity index (χ1v) is 19.3. The highest BCUT2D eigenvalue weighted by Crippen LogP contribution is 2.28. The molecule has 4 atom stereocenters. The topological polar surface area (TPSA) is 272 Å². The molecule has 1 aromatic carbocycles. The van der Waals surface area contributed by atoms with Crippen molar-refractivity contribution in [3.63, 3.8) is 0 Å². The third kappa shape index (κ3) is 20.9. The molecule has 1 aliphatic rings. The van der Waals surface area contributed by atoms with Gasteiger partial charge in [-0.3, -0.25) is 33.6 Å². The van der Waals surface area contributed by atoms with E-state index < -0.39 is 71.4 Å². The smallest absolute Gasteiger partial charge is 0.313 e. The predicted octanol–water partition coefficient (Wildman–Crippen LogP) is -0.357. The molecule has 0 aromatic heterocycles. The van der Waals surface area contributed by atoms with Crippen LogP contribution in [0.3, 0.4) is 0 Å². The summed E-state index contributed by atoms with van der Waals surface area (Å²) in [5.74, 6) is -1.25. The van der Waals surface area contributed by atoms with E-state index in [0.717, 1.165) is 0 Å². The molecule has 2 rings (SSSR count). The van der Waals surface area contributed by atoms with Gasteiger partial charge in [-0.15, -0.1) is 0 Å². The number of amides is 5. The molecule has 3 unspecified atom stereocenters. The molecular formula is C39H58N6O13. The van der Waals surface area contributed by atoms with Crippen molar-refractivity contribution in [1.82, 2.24) is 21.3 Å². The number of fused-ring (bicyclic) bond motifs is 1. The number of esters is 1. The summed E-state index contributed by atoms with van der Waals surface area (Å²) in [5, 5.41) is 22.4. The summed E-state index contributed by atoms with van der Waals surface area (Å²) in [5.41, 5.74) is 6.99. The molecule has 5 amide bonds. The van der Waals surface area contributed by atoms with Crippen LogP contribution in [0.1, 0.15) is 58.9 Å². The second-order valence-corrected chi connectivity index (χ2v) is 13.8. The lowest BCUT2D eigenvalue weighted by Crippen LogP contribution is -2.53. The Hall–Kier alpha value is -5.13. The van der Waals surface area contributed by atoms with Crippen molar-refractivity contribution < 1.29 is 62.4 Å². The number of hydrogen-bond acceptors (Lipinski definition) is 13. The van der Waals surface area contributed by atoms with Gasteiger partial charge in [0.2, 0.25) is 17.7 Å². The molecule has 322 valence electrons. The number of nitrogens with two attached hydrogens (primary N) is 1. The van der Waals surface area contributed by atoms with Crippen molar-refractivity contribution in [1.29, 1.82) is 0 Å². The number of carbonyl (C=O) groups is 7. The molecule has 58 heavy (non-hydrogen) atoms. The van der Waals surface area contributed by atoms with Crippen LogP contribution in [0.5, 0.6) is 5.75 Å². The van der Waals surface area contributed by atoms with Gasteiger partial charge in [-0.05, 0) is 49.8 Å². The number of carbonyl (C=O) groups excluding carboxylic acids is 6. The molecule has 19 heteroatoms. The van der Waals surface area contributed by atoms with Crippen LogP contribution < -0.4 is 37.1 Å². The first-order valence-electron chi connectivity index (χ1n) is 19.3. The molecule has 0 radical (unpaired) electrons. The van der Waals surface area contributed by atoms with E-state index in [4.69, 9.17) is 29.4 Å². The van der Waals surface area contributed by atoms with E-state index in [2.05, 4.69) is 38.4 Å². The number of aliphatic carboxylic acids is 1. The molecule has 0 fully saturated rings. The average molecular weight is 819 g/mol. The Morgan fingerprint density at radius 2 is 1.41 bits per heavy atom. The van der Waals surface area contributed by atoms with Crippen molar-refractivity contribution in [2.45, 2.75) is 77.9 Å². The Bertz CT molecular complexity index is 1590. The molecule has 1 aromatic rings. The maximum atomic E-state index is 13.7. The highest BCUT2D eigenvalue weighted by Gasteiger charge is 2.28. The Labute approximate surface area is 338 Å². The minimum Gasteiger partial charge on any atom is -0.481 e. The average Bonchev–Trinajstić information content (AvgIpc) is 3.16. The van der Waals surface area contributed by atoms with Crippen molar-refractivity contribution in [3.8, 4) is 17.6 Å². The number of rotatable bonds is 6. The van der Waals surface area contributed by atoms with Gasteiger partial charge < -0.3 is 61.1 Å². The van der Waals surface area contributed by atoms with E-state index in [1.807, 2.05) is 0 Å².